The molecule has 0 radical (unpaired) electrons. The lowest BCUT2D eigenvalue weighted by atomic mass is 10.2. The van der Waals surface area contributed by atoms with Gasteiger partial charge in [0.05, 0.1) is 10.0 Å². The summed E-state index contributed by atoms with van der Waals surface area (Å²) >= 11 is 12.0. The minimum absolute atomic E-state index is 0.0672. The van der Waals surface area contributed by atoms with Gasteiger partial charge < -0.3 is 10.1 Å². The first-order valence-corrected chi connectivity index (χ1v) is 8.61. The maximum absolute atomic E-state index is 13.2. The molecule has 0 aliphatic carbocycles. The van der Waals surface area contributed by atoms with E-state index >= 15 is 0 Å². The Morgan fingerprint density at radius 3 is 2.23 bits per heavy atom. The van der Waals surface area contributed by atoms with Crippen LogP contribution in [0.1, 0.15) is 11.1 Å². The van der Waals surface area contributed by atoms with Crippen molar-refractivity contribution >= 4 is 28.9 Å². The summed E-state index contributed by atoms with van der Waals surface area (Å²) in [6, 6.07) is 16.0. The first kappa shape index (κ1) is 18.5. The van der Waals surface area contributed by atoms with Crippen LogP contribution < -0.4 is 10.1 Å². The zero-order valence-corrected chi connectivity index (χ0v) is 15.1. The number of anilines is 1. The van der Waals surface area contributed by atoms with Crippen LogP contribution in [0.25, 0.3) is 0 Å². The van der Waals surface area contributed by atoms with Crippen molar-refractivity contribution in [2.24, 2.45) is 0 Å². The van der Waals surface area contributed by atoms with Gasteiger partial charge in [0.15, 0.2) is 0 Å². The molecule has 0 aliphatic heterocycles. The van der Waals surface area contributed by atoms with Crippen LogP contribution in [0.4, 0.5) is 14.5 Å². The molecule has 0 amide bonds. The molecule has 134 valence electrons. The van der Waals surface area contributed by atoms with Gasteiger partial charge in [-0.05, 0) is 53.6 Å². The molecular weight excluding hydrogens is 379 g/mol. The van der Waals surface area contributed by atoms with Crippen LogP contribution >= 0.6 is 23.2 Å². The largest absolute Gasteiger partial charge is 0.487 e. The molecule has 6 heteroatoms. The molecule has 0 saturated carbocycles. The van der Waals surface area contributed by atoms with Crippen LogP contribution in [0.3, 0.4) is 0 Å². The highest BCUT2D eigenvalue weighted by Crippen LogP contribution is 2.27. The van der Waals surface area contributed by atoms with Crippen LogP contribution in [-0.2, 0) is 13.2 Å². The summed E-state index contributed by atoms with van der Waals surface area (Å²) < 4.78 is 31.7. The second-order valence-electron chi connectivity index (χ2n) is 5.66. The van der Waals surface area contributed by atoms with Crippen LogP contribution in [0.15, 0.2) is 60.7 Å². The van der Waals surface area contributed by atoms with Gasteiger partial charge in [-0.3, -0.25) is 0 Å². The number of hydrogen-bond acceptors (Lipinski definition) is 2. The summed E-state index contributed by atoms with van der Waals surface area (Å²) in [7, 11) is 0. The van der Waals surface area contributed by atoms with E-state index in [0.717, 1.165) is 11.1 Å². The molecule has 3 aromatic rings. The molecule has 26 heavy (non-hydrogen) atoms. The molecule has 1 N–H and O–H groups in total. The summed E-state index contributed by atoms with van der Waals surface area (Å²) in [5.74, 6) is -0.196. The van der Waals surface area contributed by atoms with Crippen molar-refractivity contribution in [3.63, 3.8) is 0 Å². The first-order chi connectivity index (χ1) is 12.5. The average Bonchev–Trinajstić information content (AvgIpc) is 2.63. The highest BCUT2D eigenvalue weighted by atomic mass is 35.5. The van der Waals surface area contributed by atoms with Gasteiger partial charge in [0.2, 0.25) is 0 Å². The van der Waals surface area contributed by atoms with E-state index in [1.165, 1.54) is 24.3 Å². The fourth-order valence-electron chi connectivity index (χ4n) is 2.32. The van der Waals surface area contributed by atoms with E-state index in [9.17, 15) is 8.78 Å². The predicted octanol–water partition coefficient (Wildman–Crippen LogP) is 6.46. The highest BCUT2D eigenvalue weighted by molar-refractivity contribution is 6.32. The van der Waals surface area contributed by atoms with E-state index in [0.29, 0.717) is 29.6 Å². The average molecular weight is 394 g/mol. The molecule has 2 nitrogen and oxygen atoms in total. The summed E-state index contributed by atoms with van der Waals surface area (Å²) in [5.41, 5.74) is 2.50. The molecule has 3 aromatic carbocycles. The molecular formula is C20H15Cl2F2NO. The van der Waals surface area contributed by atoms with Gasteiger partial charge in [-0.1, -0.05) is 41.4 Å². The second-order valence-corrected chi connectivity index (χ2v) is 6.48. The van der Waals surface area contributed by atoms with Gasteiger partial charge in [-0.2, -0.15) is 0 Å². The fourth-order valence-corrected chi connectivity index (χ4v) is 2.76. The van der Waals surface area contributed by atoms with Gasteiger partial charge in [0, 0.05) is 12.2 Å². The molecule has 0 unspecified atom stereocenters. The second kappa shape index (κ2) is 8.39. The lowest BCUT2D eigenvalue weighted by molar-refractivity contribution is 0.306. The lowest BCUT2D eigenvalue weighted by Gasteiger charge is -2.11. The number of halogens is 4. The van der Waals surface area contributed by atoms with Crippen molar-refractivity contribution in [2.45, 2.75) is 13.2 Å². The van der Waals surface area contributed by atoms with Crippen molar-refractivity contribution in [2.75, 3.05) is 5.32 Å². The molecule has 0 saturated heterocycles. The molecule has 0 fully saturated rings. The highest BCUT2D eigenvalue weighted by Gasteiger charge is 2.05. The molecule has 0 heterocycles. The monoisotopic (exact) mass is 393 g/mol. The van der Waals surface area contributed by atoms with Gasteiger partial charge in [-0.25, -0.2) is 8.78 Å². The van der Waals surface area contributed by atoms with Crippen LogP contribution in [0.2, 0.25) is 10.0 Å². The number of benzene rings is 3. The van der Waals surface area contributed by atoms with Gasteiger partial charge in [-0.15, -0.1) is 0 Å². The van der Waals surface area contributed by atoms with Crippen molar-refractivity contribution in [3.8, 4) is 5.75 Å². The standard InChI is InChI=1S/C20H15Cl2F2NO/c21-17-10-16(6-7-19(17)24)25-11-14-3-8-20(18(22)9-14)26-12-13-1-4-15(23)5-2-13/h1-10,25H,11-12H2. The van der Waals surface area contributed by atoms with Gasteiger partial charge in [0.1, 0.15) is 24.0 Å². The lowest BCUT2D eigenvalue weighted by Crippen LogP contribution is -2.01. The van der Waals surface area contributed by atoms with Crippen LogP contribution in [-0.4, -0.2) is 0 Å². The Bertz CT molecular complexity index is 901. The predicted molar refractivity (Wildman–Crippen MR) is 101 cm³/mol. The van der Waals surface area contributed by atoms with Crippen LogP contribution in [0, 0.1) is 11.6 Å². The minimum atomic E-state index is -0.456. The maximum Gasteiger partial charge on any atom is 0.141 e. The third kappa shape index (κ3) is 4.87. The first-order valence-electron chi connectivity index (χ1n) is 7.86. The van der Waals surface area contributed by atoms with Crippen molar-refractivity contribution in [1.82, 2.24) is 0 Å². The summed E-state index contributed by atoms with van der Waals surface area (Å²) in [6.45, 7) is 0.797. The molecule has 0 aliphatic rings. The number of hydrogen-bond donors (Lipinski definition) is 1. The number of nitrogens with one attached hydrogen (secondary N) is 1. The Kier molecular flexibility index (Phi) is 5.96. The third-order valence-electron chi connectivity index (χ3n) is 3.72. The third-order valence-corrected chi connectivity index (χ3v) is 4.31. The normalized spacial score (nSPS) is 10.6. The molecule has 0 atom stereocenters. The van der Waals surface area contributed by atoms with Crippen molar-refractivity contribution in [3.05, 3.63) is 93.5 Å². The van der Waals surface area contributed by atoms with Crippen LogP contribution in [0.5, 0.6) is 5.75 Å². The van der Waals surface area contributed by atoms with E-state index in [-0.39, 0.29) is 10.8 Å². The van der Waals surface area contributed by atoms with Gasteiger partial charge >= 0.3 is 0 Å². The number of ether oxygens (including phenoxy) is 1. The Balaban J connectivity index is 1.59. The molecule has 3 rings (SSSR count). The van der Waals surface area contributed by atoms with E-state index < -0.39 is 5.82 Å². The topological polar surface area (TPSA) is 21.3 Å². The molecule has 0 bridgehead atoms. The quantitative estimate of drug-likeness (QED) is 0.518. The van der Waals surface area contributed by atoms with E-state index in [2.05, 4.69) is 5.32 Å². The molecule has 0 spiro atoms. The number of rotatable bonds is 6. The summed E-state index contributed by atoms with van der Waals surface area (Å²) in [6.07, 6.45) is 0. The van der Waals surface area contributed by atoms with E-state index in [1.807, 2.05) is 6.07 Å². The Morgan fingerprint density at radius 2 is 1.54 bits per heavy atom. The van der Waals surface area contributed by atoms with Gasteiger partial charge in [0.25, 0.3) is 0 Å². The SMILES string of the molecule is Fc1ccc(COc2ccc(CNc3ccc(F)c(Cl)c3)cc2Cl)cc1. The van der Waals surface area contributed by atoms with E-state index in [1.54, 1.807) is 30.3 Å². The zero-order chi connectivity index (χ0) is 18.5. The van der Waals surface area contributed by atoms with Crippen molar-refractivity contribution in [1.29, 1.82) is 0 Å². The summed E-state index contributed by atoms with van der Waals surface area (Å²) in [4.78, 5) is 0. The minimum Gasteiger partial charge on any atom is -0.487 e. The zero-order valence-electron chi connectivity index (χ0n) is 13.6. The Morgan fingerprint density at radius 1 is 0.808 bits per heavy atom. The Labute approximate surface area is 160 Å². The summed E-state index contributed by atoms with van der Waals surface area (Å²) in [5, 5.41) is 3.70. The Hall–Kier alpha value is -2.30. The van der Waals surface area contributed by atoms with E-state index in [4.69, 9.17) is 27.9 Å². The smallest absolute Gasteiger partial charge is 0.141 e. The maximum atomic E-state index is 13.2. The van der Waals surface area contributed by atoms with Crippen molar-refractivity contribution < 1.29 is 13.5 Å². The fraction of sp³-hybridized carbons (Fsp3) is 0.100. The molecule has 0 aromatic heterocycles.